The number of aromatic hydroxyl groups is 1. The molecule has 1 saturated heterocycles. The van der Waals surface area contributed by atoms with Gasteiger partial charge >= 0.3 is 10.3 Å². The third kappa shape index (κ3) is 8.28. The lowest BCUT2D eigenvalue weighted by Crippen LogP contribution is -2.37. The highest BCUT2D eigenvalue weighted by Crippen LogP contribution is 2.33. The Kier molecular flexibility index (Phi) is 10.8. The van der Waals surface area contributed by atoms with Crippen LogP contribution in [0.1, 0.15) is 45.3 Å². The second-order valence-electron chi connectivity index (χ2n) is 11.9. The first-order chi connectivity index (χ1) is 25.8. The number of carbonyl (C=O) groups is 3. The first-order valence-corrected chi connectivity index (χ1v) is 17.5. The van der Waals surface area contributed by atoms with Gasteiger partial charge in [-0.1, -0.05) is 12.1 Å². The Morgan fingerprint density at radius 1 is 0.963 bits per heavy atom. The van der Waals surface area contributed by atoms with E-state index in [1.165, 1.54) is 35.2 Å². The Morgan fingerprint density at radius 2 is 1.63 bits per heavy atom. The minimum absolute atomic E-state index is 0.0138. The molecule has 0 bridgehead atoms. The number of terminal acetylenes is 1. The number of hydrogen-bond donors (Lipinski definition) is 7. The number of imidazole rings is 1. The maximum atomic E-state index is 13.1. The molecule has 6 rings (SSSR count). The van der Waals surface area contributed by atoms with Crippen molar-refractivity contribution in [3.05, 3.63) is 95.8 Å². The summed E-state index contributed by atoms with van der Waals surface area (Å²) in [5.74, 6) is 0.292. The fraction of sp³-hybridized carbons (Fsp3) is 0.200. The van der Waals surface area contributed by atoms with Gasteiger partial charge in [-0.15, -0.1) is 12.3 Å². The van der Waals surface area contributed by atoms with E-state index in [1.54, 1.807) is 53.3 Å². The maximum absolute atomic E-state index is 13.1. The van der Waals surface area contributed by atoms with E-state index in [0.717, 1.165) is 0 Å². The van der Waals surface area contributed by atoms with E-state index < -0.39 is 53.1 Å². The largest absolute Gasteiger partial charge is 0.507 e. The number of carbonyl (C=O) groups excluding carboxylic acids is 3. The van der Waals surface area contributed by atoms with Gasteiger partial charge in [-0.2, -0.15) is 18.4 Å². The summed E-state index contributed by atoms with van der Waals surface area (Å²) in [6, 6.07) is 18.1. The minimum atomic E-state index is -4.73. The number of hydrogen-bond acceptors (Lipinski definition) is 15. The molecule has 1 aliphatic rings. The number of phenols is 1. The number of aromatic nitrogens is 4. The number of fused-ring (bicyclic) bond motifs is 1. The molecule has 278 valence electrons. The molecule has 0 unspecified atom stereocenters. The highest BCUT2D eigenvalue weighted by molar-refractivity contribution is 7.85. The average molecular weight is 757 g/mol. The highest BCUT2D eigenvalue weighted by Gasteiger charge is 2.45. The van der Waals surface area contributed by atoms with E-state index in [-0.39, 0.29) is 46.6 Å². The molecule has 1 aliphatic heterocycles. The molecule has 18 nitrogen and oxygen atoms in total. The number of aliphatic hydroxyl groups excluding tert-OH is 2. The molecule has 19 heteroatoms. The molecule has 0 aliphatic carbocycles. The molecule has 2 amide bonds. The molecular weight excluding hydrogens is 724 g/mol. The second kappa shape index (κ2) is 15.7. The second-order valence-corrected chi connectivity index (χ2v) is 13.2. The van der Waals surface area contributed by atoms with Crippen LogP contribution in [0.2, 0.25) is 0 Å². The lowest BCUT2D eigenvalue weighted by molar-refractivity contribution is -0.116. The normalized spacial score (nSPS) is 18.2. The van der Waals surface area contributed by atoms with Gasteiger partial charge in [0, 0.05) is 35.3 Å². The van der Waals surface area contributed by atoms with Crippen molar-refractivity contribution in [2.45, 2.75) is 37.4 Å². The standard InChI is InChI=1S/C35H32N8O10S/c1-2-3-8-26(45)38-21-13-9-19(10-14-21)28(46)20-11-15-22(16-12-20)39-35-40-31(36)27-32(41-35)43(18-37-27)34-30(48)29(47)25(53-34)17-52-54(50,51)42-33(49)23-6-4-5-7-24(23)44/h1,4-7,9-16,18,25,29-30,34,44,47-48H,3,8,17H2,(H,38,45)(H,42,49)(H3,36,39,40,41)/t25-,29-,30-,34-/m1/s1. The Balaban J connectivity index is 1.10. The summed E-state index contributed by atoms with van der Waals surface area (Å²) in [5.41, 5.74) is 7.88. The third-order valence-corrected chi connectivity index (χ3v) is 9.03. The fourth-order valence-corrected chi connectivity index (χ4v) is 6.12. The molecular formula is C35H32N8O10S. The summed E-state index contributed by atoms with van der Waals surface area (Å²) in [4.78, 5) is 50.2. The van der Waals surface area contributed by atoms with Crippen molar-refractivity contribution < 1.29 is 47.0 Å². The summed E-state index contributed by atoms with van der Waals surface area (Å²) in [6.07, 6.45) is 0.977. The van der Waals surface area contributed by atoms with E-state index in [4.69, 9.17) is 21.1 Å². The van der Waals surface area contributed by atoms with Gasteiger partial charge in [0.1, 0.15) is 29.6 Å². The zero-order chi connectivity index (χ0) is 38.6. The van der Waals surface area contributed by atoms with E-state index in [9.17, 15) is 38.1 Å². The van der Waals surface area contributed by atoms with Crippen LogP contribution in [0.15, 0.2) is 79.1 Å². The first-order valence-electron chi connectivity index (χ1n) is 16.1. The van der Waals surface area contributed by atoms with E-state index >= 15 is 0 Å². The molecule has 4 atom stereocenters. The van der Waals surface area contributed by atoms with Crippen molar-refractivity contribution in [1.82, 2.24) is 24.2 Å². The van der Waals surface area contributed by atoms with Crippen molar-refractivity contribution in [1.29, 1.82) is 0 Å². The number of nitrogens with two attached hydrogens (primary N) is 1. The van der Waals surface area contributed by atoms with Crippen LogP contribution in [-0.2, 0) is 24.0 Å². The number of nitrogens with zero attached hydrogens (tertiary/aromatic N) is 4. The number of benzene rings is 3. The molecule has 1 fully saturated rings. The maximum Gasteiger partial charge on any atom is 0.362 e. The van der Waals surface area contributed by atoms with Crippen LogP contribution in [0.4, 0.5) is 23.1 Å². The summed E-state index contributed by atoms with van der Waals surface area (Å²) < 4.78 is 38.4. The number of para-hydroxylation sites is 1. The lowest BCUT2D eigenvalue weighted by atomic mass is 10.0. The van der Waals surface area contributed by atoms with Crippen LogP contribution in [0, 0.1) is 12.3 Å². The predicted octanol–water partition coefficient (Wildman–Crippen LogP) is 1.75. The molecule has 3 heterocycles. The van der Waals surface area contributed by atoms with Crippen LogP contribution in [0.3, 0.4) is 0 Å². The molecule has 0 spiro atoms. The topological polar surface area (TPSA) is 270 Å². The summed E-state index contributed by atoms with van der Waals surface area (Å²) in [7, 11) is -4.73. The number of nitrogen functional groups attached to an aromatic ring is 1. The van der Waals surface area contributed by atoms with Gasteiger partial charge in [-0.25, -0.2) is 9.71 Å². The van der Waals surface area contributed by atoms with E-state index in [2.05, 4.69) is 31.5 Å². The van der Waals surface area contributed by atoms with Gasteiger partial charge < -0.3 is 36.4 Å². The Hall–Kier alpha value is -6.43. The Bertz CT molecular complexity index is 2360. The van der Waals surface area contributed by atoms with Crippen molar-refractivity contribution in [3.63, 3.8) is 0 Å². The predicted molar refractivity (Wildman–Crippen MR) is 192 cm³/mol. The fourth-order valence-electron chi connectivity index (χ4n) is 5.41. The minimum Gasteiger partial charge on any atom is -0.507 e. The highest BCUT2D eigenvalue weighted by atomic mass is 32.2. The number of anilines is 4. The number of phenolic OH excluding ortho intramolecular Hbond substituents is 1. The van der Waals surface area contributed by atoms with Gasteiger partial charge in [0.25, 0.3) is 5.91 Å². The number of aliphatic hydroxyl groups is 2. The Labute approximate surface area is 307 Å². The molecule has 2 aromatic heterocycles. The van der Waals surface area contributed by atoms with Crippen LogP contribution in [0.25, 0.3) is 11.2 Å². The summed E-state index contributed by atoms with van der Waals surface area (Å²) in [5, 5.41) is 37.1. The number of ketones is 1. The van der Waals surface area contributed by atoms with Crippen LogP contribution < -0.4 is 21.1 Å². The lowest BCUT2D eigenvalue weighted by Gasteiger charge is -2.17. The van der Waals surface area contributed by atoms with Crippen LogP contribution in [0.5, 0.6) is 5.75 Å². The number of ether oxygens (including phenoxy) is 1. The quantitative estimate of drug-likeness (QED) is 0.0666. The van der Waals surface area contributed by atoms with Crippen molar-refractivity contribution in [3.8, 4) is 18.1 Å². The molecule has 0 saturated carbocycles. The molecule has 0 radical (unpaired) electrons. The smallest absolute Gasteiger partial charge is 0.362 e. The summed E-state index contributed by atoms with van der Waals surface area (Å²) >= 11 is 0. The van der Waals surface area contributed by atoms with E-state index in [1.807, 2.05) is 0 Å². The summed E-state index contributed by atoms with van der Waals surface area (Å²) in [6.45, 7) is -0.801. The molecule has 5 aromatic rings. The average Bonchev–Trinajstić information content (AvgIpc) is 3.70. The van der Waals surface area contributed by atoms with Crippen molar-refractivity contribution in [2.75, 3.05) is 23.0 Å². The van der Waals surface area contributed by atoms with Crippen molar-refractivity contribution in [2.24, 2.45) is 0 Å². The van der Waals surface area contributed by atoms with Gasteiger partial charge in [0.05, 0.1) is 18.5 Å². The van der Waals surface area contributed by atoms with Crippen molar-refractivity contribution >= 4 is 62.2 Å². The SMILES string of the molecule is C#CCCC(=O)Nc1ccc(C(=O)c2ccc(Nc3nc(N)c4ncn([C@@H]5O[C@H](COS(=O)(=O)NC(=O)c6ccccc6O)[C@@H](O)[C@H]5O)c4n3)cc2)cc1. The monoisotopic (exact) mass is 756 g/mol. The molecule has 54 heavy (non-hydrogen) atoms. The molecule has 8 N–H and O–H groups in total. The van der Waals surface area contributed by atoms with E-state index in [0.29, 0.717) is 28.9 Å². The van der Waals surface area contributed by atoms with Gasteiger partial charge in [0.2, 0.25) is 11.9 Å². The third-order valence-electron chi connectivity index (χ3n) is 8.14. The van der Waals surface area contributed by atoms with Crippen LogP contribution in [-0.4, -0.2) is 85.8 Å². The zero-order valence-electron chi connectivity index (χ0n) is 28.0. The van der Waals surface area contributed by atoms with Gasteiger partial charge in [0.15, 0.2) is 23.5 Å². The Morgan fingerprint density at radius 3 is 2.30 bits per heavy atom. The zero-order valence-corrected chi connectivity index (χ0v) is 28.8. The van der Waals surface area contributed by atoms with Gasteiger partial charge in [-0.3, -0.25) is 23.1 Å². The number of amides is 2. The number of nitrogens with one attached hydrogen (secondary N) is 3. The first kappa shape index (κ1) is 37.3. The van der Waals surface area contributed by atoms with Crippen LogP contribution >= 0.6 is 0 Å². The number of rotatable bonds is 13. The molecule has 3 aromatic carbocycles. The van der Waals surface area contributed by atoms with Gasteiger partial charge in [-0.05, 0) is 60.7 Å².